The van der Waals surface area contributed by atoms with Gasteiger partial charge < -0.3 is 14.6 Å². The predicted octanol–water partition coefficient (Wildman–Crippen LogP) is 3.00. The summed E-state index contributed by atoms with van der Waals surface area (Å²) in [4.78, 5) is 39.3. The molecule has 2 N–H and O–H groups in total. The second-order valence-electron chi connectivity index (χ2n) is 9.65. The highest BCUT2D eigenvalue weighted by molar-refractivity contribution is 7.85. The van der Waals surface area contributed by atoms with Gasteiger partial charge in [-0.15, -0.1) is 0 Å². The van der Waals surface area contributed by atoms with Gasteiger partial charge in [0, 0.05) is 56.2 Å². The number of hydrogen-bond acceptors (Lipinski definition) is 9. The van der Waals surface area contributed by atoms with Gasteiger partial charge in [0.2, 0.25) is 5.95 Å². The Kier molecular flexibility index (Phi) is 9.82. The average Bonchev–Trinajstić information content (AvgIpc) is 2.97. The van der Waals surface area contributed by atoms with E-state index in [1.165, 1.54) is 0 Å². The van der Waals surface area contributed by atoms with Crippen molar-refractivity contribution in [3.63, 3.8) is 0 Å². The fraction of sp³-hybridized carbons (Fsp3) is 0.310. The molecule has 11 nitrogen and oxygen atoms in total. The van der Waals surface area contributed by atoms with Crippen LogP contribution in [0.15, 0.2) is 76.2 Å². The number of carbonyl (C=O) groups is 1. The number of amides is 1. The Morgan fingerprint density at radius 3 is 2.32 bits per heavy atom. The number of rotatable bonds is 7. The highest BCUT2D eigenvalue weighted by Gasteiger charge is 2.20. The Morgan fingerprint density at radius 2 is 1.66 bits per heavy atom. The molecule has 12 heteroatoms. The zero-order chi connectivity index (χ0) is 29.4. The predicted molar refractivity (Wildman–Crippen MR) is 158 cm³/mol. The third-order valence-electron chi connectivity index (χ3n) is 6.57. The lowest BCUT2D eigenvalue weighted by Crippen LogP contribution is -2.47. The van der Waals surface area contributed by atoms with Gasteiger partial charge in [0.25, 0.3) is 16.0 Å². The van der Waals surface area contributed by atoms with Crippen molar-refractivity contribution in [2.75, 3.05) is 50.4 Å². The molecule has 0 atom stereocenters. The maximum atomic E-state index is 13.0. The average molecular weight is 580 g/mol. The van der Waals surface area contributed by atoms with Gasteiger partial charge in [0.05, 0.1) is 17.2 Å². The Labute approximate surface area is 238 Å². The van der Waals surface area contributed by atoms with E-state index in [1.54, 1.807) is 37.5 Å². The molecule has 216 valence electrons. The lowest BCUT2D eigenvalue weighted by molar-refractivity contribution is 0.0952. The first-order valence-corrected chi connectivity index (χ1v) is 15.0. The van der Waals surface area contributed by atoms with E-state index in [-0.39, 0.29) is 11.3 Å². The first-order chi connectivity index (χ1) is 19.6. The number of benzene rings is 2. The van der Waals surface area contributed by atoms with Crippen LogP contribution in [0.2, 0.25) is 0 Å². The SMILES string of the molecule is CS(=O)(=O)O.Cc1c(-c2ccccc2)oc2c(C(=O)NCCCN3CCN(c4ncccn4)CC3)cccc2c1=O. The summed E-state index contributed by atoms with van der Waals surface area (Å²) in [6, 6.07) is 16.5. The van der Waals surface area contributed by atoms with E-state index in [1.807, 2.05) is 36.4 Å². The summed E-state index contributed by atoms with van der Waals surface area (Å²) < 4.78 is 32.0. The van der Waals surface area contributed by atoms with Crippen molar-refractivity contribution in [2.45, 2.75) is 13.3 Å². The van der Waals surface area contributed by atoms with Crippen LogP contribution in [0.1, 0.15) is 22.3 Å². The molecule has 3 heterocycles. The highest BCUT2D eigenvalue weighted by atomic mass is 32.2. The Balaban J connectivity index is 0.000000714. The number of piperazine rings is 1. The maximum absolute atomic E-state index is 13.0. The van der Waals surface area contributed by atoms with Crippen molar-refractivity contribution >= 4 is 32.9 Å². The largest absolute Gasteiger partial charge is 0.455 e. The van der Waals surface area contributed by atoms with Crippen molar-refractivity contribution in [1.82, 2.24) is 20.2 Å². The van der Waals surface area contributed by atoms with E-state index in [0.717, 1.165) is 50.7 Å². The van der Waals surface area contributed by atoms with Crippen molar-refractivity contribution < 1.29 is 22.2 Å². The standard InChI is InChI=1S/C28H29N5O3.CH4O3S/c1-20-24(34)22-10-5-11-23(26(22)36-25(20)21-8-3-2-4-9-21)27(35)29-14-7-15-32-16-18-33(19-17-32)28-30-12-6-13-31-28;1-5(2,3)4/h2-6,8-13H,7,14-19H2,1H3,(H,29,35);1H3,(H,2,3,4). The van der Waals surface area contributed by atoms with Crippen LogP contribution in [0.3, 0.4) is 0 Å². The molecular weight excluding hydrogens is 546 g/mol. The first-order valence-electron chi connectivity index (χ1n) is 13.2. The maximum Gasteiger partial charge on any atom is 0.261 e. The van der Waals surface area contributed by atoms with E-state index in [0.29, 0.717) is 40.7 Å². The van der Waals surface area contributed by atoms with Gasteiger partial charge in [0.15, 0.2) is 11.0 Å². The van der Waals surface area contributed by atoms with Gasteiger partial charge in [0.1, 0.15) is 5.76 Å². The summed E-state index contributed by atoms with van der Waals surface area (Å²) in [5.74, 6) is 1.03. The van der Waals surface area contributed by atoms with E-state index in [4.69, 9.17) is 8.97 Å². The molecule has 0 radical (unpaired) electrons. The molecule has 1 aliphatic heterocycles. The van der Waals surface area contributed by atoms with Crippen LogP contribution >= 0.6 is 0 Å². The first kappa shape index (κ1) is 29.8. The minimum atomic E-state index is -3.67. The topological polar surface area (TPSA) is 146 Å². The zero-order valence-electron chi connectivity index (χ0n) is 23.0. The smallest absolute Gasteiger partial charge is 0.261 e. The molecule has 0 saturated carbocycles. The number of hydrogen-bond donors (Lipinski definition) is 2. The van der Waals surface area contributed by atoms with Crippen molar-refractivity contribution in [3.05, 3.63) is 88.3 Å². The van der Waals surface area contributed by atoms with Crippen LogP contribution in [-0.2, 0) is 10.1 Å². The van der Waals surface area contributed by atoms with Crippen molar-refractivity contribution in [1.29, 1.82) is 0 Å². The lowest BCUT2D eigenvalue weighted by Gasteiger charge is -2.34. The van der Waals surface area contributed by atoms with Crippen LogP contribution in [0.4, 0.5) is 5.95 Å². The summed E-state index contributed by atoms with van der Waals surface area (Å²) in [6.07, 6.45) is 5.08. The molecule has 1 amide bonds. The quantitative estimate of drug-likeness (QED) is 0.247. The molecule has 1 fully saturated rings. The fourth-order valence-electron chi connectivity index (χ4n) is 4.58. The minimum absolute atomic E-state index is 0.121. The molecule has 1 aliphatic rings. The number of para-hydroxylation sites is 1. The number of nitrogens with zero attached hydrogens (tertiary/aromatic N) is 4. The van der Waals surface area contributed by atoms with Gasteiger partial charge in [-0.1, -0.05) is 36.4 Å². The van der Waals surface area contributed by atoms with Crippen LogP contribution < -0.4 is 15.6 Å². The van der Waals surface area contributed by atoms with Crippen LogP contribution in [-0.4, -0.2) is 79.3 Å². The number of aromatic nitrogens is 2. The van der Waals surface area contributed by atoms with Crippen LogP contribution in [0, 0.1) is 6.92 Å². The summed E-state index contributed by atoms with van der Waals surface area (Å²) in [5.41, 5.74) is 1.92. The Bertz CT molecular complexity index is 1630. The van der Waals surface area contributed by atoms with Crippen LogP contribution in [0.25, 0.3) is 22.3 Å². The number of carbonyl (C=O) groups excluding carboxylic acids is 1. The molecule has 41 heavy (non-hydrogen) atoms. The molecule has 1 saturated heterocycles. The van der Waals surface area contributed by atoms with E-state index < -0.39 is 10.1 Å². The summed E-state index contributed by atoms with van der Waals surface area (Å²) >= 11 is 0. The molecule has 0 spiro atoms. The van der Waals surface area contributed by atoms with Crippen molar-refractivity contribution in [3.8, 4) is 11.3 Å². The van der Waals surface area contributed by atoms with Gasteiger partial charge >= 0.3 is 0 Å². The molecule has 0 bridgehead atoms. The second kappa shape index (κ2) is 13.5. The number of fused-ring (bicyclic) bond motifs is 1. The van der Waals surface area contributed by atoms with Gasteiger partial charge in [-0.2, -0.15) is 8.42 Å². The van der Waals surface area contributed by atoms with Gasteiger partial charge in [-0.05, 0) is 38.1 Å². The molecule has 0 aliphatic carbocycles. The lowest BCUT2D eigenvalue weighted by atomic mass is 10.0. The summed E-state index contributed by atoms with van der Waals surface area (Å²) in [7, 11) is -3.67. The Hall–Kier alpha value is -4.13. The third-order valence-corrected chi connectivity index (χ3v) is 6.57. The number of anilines is 1. The van der Waals surface area contributed by atoms with Gasteiger partial charge in [-0.3, -0.25) is 19.0 Å². The Morgan fingerprint density at radius 1 is 1.00 bits per heavy atom. The molecule has 5 rings (SSSR count). The number of nitrogens with one attached hydrogen (secondary N) is 1. The van der Waals surface area contributed by atoms with Crippen molar-refractivity contribution in [2.24, 2.45) is 0 Å². The normalized spacial score (nSPS) is 13.9. The monoisotopic (exact) mass is 579 g/mol. The van der Waals surface area contributed by atoms with E-state index >= 15 is 0 Å². The van der Waals surface area contributed by atoms with Crippen LogP contribution in [0.5, 0.6) is 0 Å². The summed E-state index contributed by atoms with van der Waals surface area (Å²) in [5, 5.41) is 3.42. The molecule has 2 aromatic heterocycles. The fourth-order valence-corrected chi connectivity index (χ4v) is 4.58. The highest BCUT2D eigenvalue weighted by Crippen LogP contribution is 2.27. The molecule has 4 aromatic rings. The zero-order valence-corrected chi connectivity index (χ0v) is 23.8. The van der Waals surface area contributed by atoms with E-state index in [9.17, 15) is 18.0 Å². The second-order valence-corrected chi connectivity index (χ2v) is 11.1. The molecule has 2 aromatic carbocycles. The van der Waals surface area contributed by atoms with E-state index in [2.05, 4.69) is 25.1 Å². The summed E-state index contributed by atoms with van der Waals surface area (Å²) in [6.45, 7) is 6.82. The third kappa shape index (κ3) is 8.19. The molecular formula is C29H33N5O6S. The van der Waals surface area contributed by atoms with Gasteiger partial charge in [-0.25, -0.2) is 9.97 Å². The molecule has 0 unspecified atom stereocenters. The minimum Gasteiger partial charge on any atom is -0.455 e.